The average Bonchev–Trinajstić information content (AvgIpc) is 2.36. The fourth-order valence-corrected chi connectivity index (χ4v) is 1.09. The van der Waals surface area contributed by atoms with Crippen molar-refractivity contribution in [3.05, 3.63) is 29.8 Å². The smallest absolute Gasteiger partial charge is 0.354 e. The fraction of sp³-hybridized carbons (Fsp3) is 0.250. The highest BCUT2D eigenvalue weighted by molar-refractivity contribution is 6.35. The number of esters is 1. The number of carbonyl (C=O) groups is 2. The van der Waals surface area contributed by atoms with Crippen LogP contribution in [0.1, 0.15) is 24.2 Å². The molecule has 6 nitrogen and oxygen atoms in total. The van der Waals surface area contributed by atoms with E-state index >= 15 is 0 Å². The van der Waals surface area contributed by atoms with Crippen molar-refractivity contribution in [2.75, 3.05) is 6.61 Å². The Morgan fingerprint density at radius 2 is 1.94 bits per heavy atom. The molecular weight excluding hydrogens is 236 g/mol. The number of nitrogens with one attached hydrogen (secondary N) is 1. The Bertz CT molecular complexity index is 465. The third kappa shape index (κ3) is 3.89. The summed E-state index contributed by atoms with van der Waals surface area (Å²) in [7, 11) is 0. The molecule has 0 unspecified atom stereocenters. The molecule has 0 heterocycles. The lowest BCUT2D eigenvalue weighted by Crippen LogP contribution is -2.23. The molecule has 0 saturated carbocycles. The lowest BCUT2D eigenvalue weighted by molar-refractivity contribution is -0.135. The minimum Gasteiger partial charge on any atom is -0.508 e. The van der Waals surface area contributed by atoms with E-state index in [1.165, 1.54) is 31.2 Å². The molecule has 2 N–H and O–H groups in total. The molecule has 0 aromatic heterocycles. The zero-order valence-electron chi connectivity index (χ0n) is 10.1. The number of hydrogen-bond acceptors (Lipinski definition) is 5. The summed E-state index contributed by atoms with van der Waals surface area (Å²) < 4.78 is 4.70. The summed E-state index contributed by atoms with van der Waals surface area (Å²) in [6.07, 6.45) is 0. The van der Waals surface area contributed by atoms with Gasteiger partial charge in [0.05, 0.1) is 6.61 Å². The molecule has 0 atom stereocenters. The van der Waals surface area contributed by atoms with Crippen molar-refractivity contribution in [1.29, 1.82) is 0 Å². The van der Waals surface area contributed by atoms with E-state index in [1.807, 2.05) is 0 Å². The van der Waals surface area contributed by atoms with E-state index in [4.69, 9.17) is 9.84 Å². The standard InChI is InChI=1S/C12H14N2O4/c1-3-18-12(17)8(2)13-14-11(16)9-4-6-10(15)7-5-9/h4-7,15H,3H2,1-2H3,(H,14,16). The van der Waals surface area contributed by atoms with Gasteiger partial charge in [0.2, 0.25) is 0 Å². The van der Waals surface area contributed by atoms with Crippen LogP contribution in [0.5, 0.6) is 5.75 Å². The summed E-state index contributed by atoms with van der Waals surface area (Å²) in [6.45, 7) is 3.37. The number of phenols is 1. The van der Waals surface area contributed by atoms with Crippen molar-refractivity contribution in [3.63, 3.8) is 0 Å². The Kier molecular flexibility index (Phi) is 4.86. The normalized spacial score (nSPS) is 10.9. The zero-order chi connectivity index (χ0) is 13.5. The summed E-state index contributed by atoms with van der Waals surface area (Å²) >= 11 is 0. The van der Waals surface area contributed by atoms with Crippen molar-refractivity contribution in [1.82, 2.24) is 5.43 Å². The summed E-state index contributed by atoms with van der Waals surface area (Å²) in [5.74, 6) is -0.986. The van der Waals surface area contributed by atoms with Gasteiger partial charge >= 0.3 is 5.97 Å². The van der Waals surface area contributed by atoms with Crippen LogP contribution in [0, 0.1) is 0 Å². The number of hydrazone groups is 1. The molecule has 0 aliphatic carbocycles. The molecule has 96 valence electrons. The number of nitrogens with zero attached hydrogens (tertiary/aromatic N) is 1. The number of benzene rings is 1. The topological polar surface area (TPSA) is 88.0 Å². The van der Waals surface area contributed by atoms with Gasteiger partial charge in [0.1, 0.15) is 11.5 Å². The van der Waals surface area contributed by atoms with Crippen LogP contribution in [-0.2, 0) is 9.53 Å². The van der Waals surface area contributed by atoms with Crippen LogP contribution in [0.3, 0.4) is 0 Å². The molecule has 0 aliphatic heterocycles. The van der Waals surface area contributed by atoms with Crippen molar-refractivity contribution in [3.8, 4) is 5.75 Å². The molecule has 1 aromatic rings. The molecule has 0 fully saturated rings. The highest BCUT2D eigenvalue weighted by Crippen LogP contribution is 2.09. The highest BCUT2D eigenvalue weighted by Gasteiger charge is 2.08. The first-order valence-corrected chi connectivity index (χ1v) is 5.35. The first-order valence-electron chi connectivity index (χ1n) is 5.35. The summed E-state index contributed by atoms with van der Waals surface area (Å²) in [6, 6.07) is 5.66. The van der Waals surface area contributed by atoms with Gasteiger partial charge in [-0.2, -0.15) is 5.10 Å². The SMILES string of the molecule is CCOC(=O)C(C)=NNC(=O)c1ccc(O)cc1. The quantitative estimate of drug-likeness (QED) is 0.475. The van der Waals surface area contributed by atoms with E-state index in [1.54, 1.807) is 6.92 Å². The van der Waals surface area contributed by atoms with Crippen LogP contribution in [0.25, 0.3) is 0 Å². The van der Waals surface area contributed by atoms with Crippen LogP contribution in [0.4, 0.5) is 0 Å². The summed E-state index contributed by atoms with van der Waals surface area (Å²) in [5, 5.41) is 12.7. The predicted octanol–water partition coefficient (Wildman–Crippen LogP) is 1.06. The lowest BCUT2D eigenvalue weighted by Gasteiger charge is -2.02. The Balaban J connectivity index is 2.63. The summed E-state index contributed by atoms with van der Waals surface area (Å²) in [4.78, 5) is 22.8. The molecule has 0 spiro atoms. The van der Waals surface area contributed by atoms with Crippen molar-refractivity contribution in [2.24, 2.45) is 5.10 Å². The number of phenolic OH excluding ortho intramolecular Hbond substituents is 1. The minimum absolute atomic E-state index is 0.0592. The number of amides is 1. The van der Waals surface area contributed by atoms with Crippen molar-refractivity contribution >= 4 is 17.6 Å². The first kappa shape index (κ1) is 13.7. The Labute approximate surface area is 104 Å². The van der Waals surface area contributed by atoms with Crippen molar-refractivity contribution in [2.45, 2.75) is 13.8 Å². The van der Waals surface area contributed by atoms with Gasteiger partial charge in [-0.05, 0) is 38.1 Å². The minimum atomic E-state index is -0.580. The summed E-state index contributed by atoms with van der Waals surface area (Å²) in [5.41, 5.74) is 2.61. The number of aromatic hydroxyl groups is 1. The third-order valence-corrected chi connectivity index (χ3v) is 2.03. The van der Waals surface area contributed by atoms with E-state index in [9.17, 15) is 9.59 Å². The largest absolute Gasteiger partial charge is 0.508 e. The van der Waals surface area contributed by atoms with Gasteiger partial charge in [0, 0.05) is 5.56 Å². The van der Waals surface area contributed by atoms with E-state index in [0.29, 0.717) is 5.56 Å². The molecule has 1 aromatic carbocycles. The second kappa shape index (κ2) is 6.39. The Morgan fingerprint density at radius 1 is 1.33 bits per heavy atom. The van der Waals surface area contributed by atoms with Gasteiger partial charge in [0.25, 0.3) is 5.91 Å². The van der Waals surface area contributed by atoms with Crippen molar-refractivity contribution < 1.29 is 19.4 Å². The Hall–Kier alpha value is -2.37. The molecule has 18 heavy (non-hydrogen) atoms. The highest BCUT2D eigenvalue weighted by atomic mass is 16.5. The van der Waals surface area contributed by atoms with Gasteiger partial charge in [-0.1, -0.05) is 0 Å². The van der Waals surface area contributed by atoms with Crippen LogP contribution >= 0.6 is 0 Å². The number of carbonyl (C=O) groups excluding carboxylic acids is 2. The third-order valence-electron chi connectivity index (χ3n) is 2.03. The maximum absolute atomic E-state index is 11.6. The van der Waals surface area contributed by atoms with Crippen LogP contribution in [-0.4, -0.2) is 29.3 Å². The molecule has 0 saturated heterocycles. The number of hydrogen-bond donors (Lipinski definition) is 2. The van der Waals surface area contributed by atoms with Gasteiger partial charge in [0.15, 0.2) is 0 Å². The lowest BCUT2D eigenvalue weighted by atomic mass is 10.2. The molecule has 1 amide bonds. The fourth-order valence-electron chi connectivity index (χ4n) is 1.09. The second-order valence-electron chi connectivity index (χ2n) is 3.41. The first-order chi connectivity index (χ1) is 8.54. The monoisotopic (exact) mass is 250 g/mol. The maximum atomic E-state index is 11.6. The molecule has 6 heteroatoms. The Morgan fingerprint density at radius 3 is 2.50 bits per heavy atom. The number of ether oxygens (including phenoxy) is 1. The van der Waals surface area contributed by atoms with Gasteiger partial charge in [-0.25, -0.2) is 10.2 Å². The molecular formula is C12H14N2O4. The van der Waals surface area contributed by atoms with E-state index < -0.39 is 11.9 Å². The van der Waals surface area contributed by atoms with E-state index in [-0.39, 0.29) is 18.1 Å². The van der Waals surface area contributed by atoms with Crippen LogP contribution < -0.4 is 5.43 Å². The van der Waals surface area contributed by atoms with E-state index in [0.717, 1.165) is 0 Å². The second-order valence-corrected chi connectivity index (χ2v) is 3.41. The molecule has 0 aliphatic rings. The van der Waals surface area contributed by atoms with E-state index in [2.05, 4.69) is 10.5 Å². The molecule has 1 rings (SSSR count). The van der Waals surface area contributed by atoms with Gasteiger partial charge < -0.3 is 9.84 Å². The van der Waals surface area contributed by atoms with Crippen LogP contribution in [0.15, 0.2) is 29.4 Å². The molecule has 0 bridgehead atoms. The maximum Gasteiger partial charge on any atom is 0.354 e. The number of rotatable bonds is 4. The average molecular weight is 250 g/mol. The van der Waals surface area contributed by atoms with Gasteiger partial charge in [-0.15, -0.1) is 0 Å². The predicted molar refractivity (Wildman–Crippen MR) is 65.3 cm³/mol. The van der Waals surface area contributed by atoms with Gasteiger partial charge in [-0.3, -0.25) is 4.79 Å². The van der Waals surface area contributed by atoms with Crippen LogP contribution in [0.2, 0.25) is 0 Å². The zero-order valence-corrected chi connectivity index (χ0v) is 10.1. The molecule has 0 radical (unpaired) electrons.